The number of nitriles is 1. The summed E-state index contributed by atoms with van der Waals surface area (Å²) in [5.41, 5.74) is 11.6. The van der Waals surface area contributed by atoms with E-state index in [2.05, 4.69) is 42.9 Å². The quantitative estimate of drug-likeness (QED) is 0.284. The number of benzene rings is 3. The molecule has 0 spiro atoms. The minimum absolute atomic E-state index is 0.199. The smallest absolute Gasteiger partial charge is 0.142 e. The average Bonchev–Trinajstić information content (AvgIpc) is 2.79. The van der Waals surface area contributed by atoms with Crippen molar-refractivity contribution in [1.82, 2.24) is 4.98 Å². The lowest BCUT2D eigenvalue weighted by atomic mass is 9.89. The Hall–Kier alpha value is -3.14. The van der Waals surface area contributed by atoms with Crippen LogP contribution in [0.15, 0.2) is 81.7 Å². The van der Waals surface area contributed by atoms with E-state index in [0.29, 0.717) is 23.5 Å². The summed E-state index contributed by atoms with van der Waals surface area (Å²) in [7, 11) is 0. The molecule has 0 aliphatic rings. The zero-order valence-electron chi connectivity index (χ0n) is 17.3. The molecule has 0 aliphatic heterocycles. The molecule has 0 fully saturated rings. The zero-order chi connectivity index (χ0) is 22.7. The Labute approximate surface area is 203 Å². The number of rotatable bonds is 5. The standard InChI is InChI=1S/C26H19Br2N3O/c1-16-23(18-10-6-3-7-11-18)24(21(14-29)26(30)31-16)20-12-19(27)13-22(28)25(20)32-15-17-8-4-2-5-9-17/h2-13H,15H2,1H3,(H2,30,31). The molecule has 1 heterocycles. The first-order valence-electron chi connectivity index (χ1n) is 9.91. The maximum absolute atomic E-state index is 10.0. The number of hydrogen-bond acceptors (Lipinski definition) is 4. The number of halogens is 2. The summed E-state index contributed by atoms with van der Waals surface area (Å²) in [5, 5.41) is 10.0. The summed E-state index contributed by atoms with van der Waals surface area (Å²) in [4.78, 5) is 4.47. The number of pyridine rings is 1. The van der Waals surface area contributed by atoms with E-state index in [1.165, 1.54) is 0 Å². The van der Waals surface area contributed by atoms with E-state index in [0.717, 1.165) is 36.9 Å². The number of aromatic nitrogens is 1. The maximum Gasteiger partial charge on any atom is 0.142 e. The first-order chi connectivity index (χ1) is 15.5. The van der Waals surface area contributed by atoms with E-state index in [4.69, 9.17) is 10.5 Å². The molecule has 0 aliphatic carbocycles. The first-order valence-corrected chi connectivity index (χ1v) is 11.5. The van der Waals surface area contributed by atoms with Crippen molar-refractivity contribution in [2.45, 2.75) is 13.5 Å². The van der Waals surface area contributed by atoms with Gasteiger partial charge in [0.1, 0.15) is 29.8 Å². The van der Waals surface area contributed by atoms with E-state index in [-0.39, 0.29) is 5.82 Å². The highest BCUT2D eigenvalue weighted by Crippen LogP contribution is 2.46. The monoisotopic (exact) mass is 547 g/mol. The third kappa shape index (κ3) is 4.40. The molecule has 1 aromatic heterocycles. The van der Waals surface area contributed by atoms with Gasteiger partial charge < -0.3 is 10.5 Å². The molecule has 4 aromatic rings. The molecule has 0 saturated carbocycles. The minimum Gasteiger partial charge on any atom is -0.487 e. The van der Waals surface area contributed by atoms with Crippen molar-refractivity contribution in [1.29, 1.82) is 5.26 Å². The predicted octanol–water partition coefficient (Wildman–Crippen LogP) is 7.28. The van der Waals surface area contributed by atoms with Crippen LogP contribution in [0.3, 0.4) is 0 Å². The minimum atomic E-state index is 0.199. The normalized spacial score (nSPS) is 10.6. The number of ether oxygens (including phenoxy) is 1. The van der Waals surface area contributed by atoms with Gasteiger partial charge in [-0.1, -0.05) is 76.6 Å². The molecule has 0 radical (unpaired) electrons. The van der Waals surface area contributed by atoms with Crippen molar-refractivity contribution in [2.24, 2.45) is 0 Å². The molecule has 4 rings (SSSR count). The van der Waals surface area contributed by atoms with Crippen LogP contribution in [0, 0.1) is 18.3 Å². The third-order valence-electron chi connectivity index (χ3n) is 5.08. The van der Waals surface area contributed by atoms with Gasteiger partial charge >= 0.3 is 0 Å². The van der Waals surface area contributed by atoms with Crippen molar-refractivity contribution in [3.8, 4) is 34.1 Å². The second-order valence-corrected chi connectivity index (χ2v) is 8.99. The summed E-state index contributed by atoms with van der Waals surface area (Å²) in [5.74, 6) is 0.834. The zero-order valence-corrected chi connectivity index (χ0v) is 20.4. The van der Waals surface area contributed by atoms with Crippen molar-refractivity contribution in [3.05, 3.63) is 98.6 Å². The van der Waals surface area contributed by atoms with Gasteiger partial charge in [-0.15, -0.1) is 0 Å². The summed E-state index contributed by atoms with van der Waals surface area (Å²) in [6.45, 7) is 2.29. The second-order valence-electron chi connectivity index (χ2n) is 7.22. The average molecular weight is 549 g/mol. The summed E-state index contributed by atoms with van der Waals surface area (Å²) in [6.07, 6.45) is 0. The van der Waals surface area contributed by atoms with Crippen molar-refractivity contribution >= 4 is 37.7 Å². The molecule has 158 valence electrons. The van der Waals surface area contributed by atoms with Crippen molar-refractivity contribution in [2.75, 3.05) is 5.73 Å². The van der Waals surface area contributed by atoms with Gasteiger partial charge in [-0.2, -0.15) is 5.26 Å². The van der Waals surface area contributed by atoms with Crippen LogP contribution >= 0.6 is 31.9 Å². The van der Waals surface area contributed by atoms with Crippen LogP contribution in [0.25, 0.3) is 22.3 Å². The van der Waals surface area contributed by atoms with Gasteiger partial charge in [-0.3, -0.25) is 0 Å². The number of anilines is 1. The van der Waals surface area contributed by atoms with Crippen LogP contribution in [-0.2, 0) is 6.61 Å². The highest BCUT2D eigenvalue weighted by atomic mass is 79.9. The molecular formula is C26H19Br2N3O. The van der Waals surface area contributed by atoms with Gasteiger partial charge in [0.25, 0.3) is 0 Å². The Morgan fingerprint density at radius 2 is 1.62 bits per heavy atom. The van der Waals surface area contributed by atoms with Gasteiger partial charge in [0, 0.05) is 26.9 Å². The van der Waals surface area contributed by atoms with Gasteiger partial charge in [0.05, 0.1) is 4.47 Å². The van der Waals surface area contributed by atoms with E-state index in [9.17, 15) is 5.26 Å². The molecule has 0 unspecified atom stereocenters. The van der Waals surface area contributed by atoms with Crippen LogP contribution in [0.1, 0.15) is 16.8 Å². The number of nitrogen functional groups attached to an aromatic ring is 1. The SMILES string of the molecule is Cc1nc(N)c(C#N)c(-c2cc(Br)cc(Br)c2OCc2ccccc2)c1-c1ccccc1. The van der Waals surface area contributed by atoms with E-state index in [1.807, 2.05) is 79.7 Å². The third-order valence-corrected chi connectivity index (χ3v) is 6.13. The lowest BCUT2D eigenvalue weighted by molar-refractivity contribution is 0.305. The number of nitrogens with two attached hydrogens (primary N) is 1. The molecule has 0 atom stereocenters. The lowest BCUT2D eigenvalue weighted by Gasteiger charge is -2.20. The Bertz CT molecular complexity index is 1320. The highest BCUT2D eigenvalue weighted by Gasteiger charge is 2.24. The van der Waals surface area contributed by atoms with E-state index < -0.39 is 0 Å². The highest BCUT2D eigenvalue weighted by molar-refractivity contribution is 9.11. The molecule has 3 aromatic carbocycles. The molecule has 32 heavy (non-hydrogen) atoms. The first kappa shape index (κ1) is 22.1. The largest absolute Gasteiger partial charge is 0.487 e. The van der Waals surface area contributed by atoms with Crippen LogP contribution in [0.4, 0.5) is 5.82 Å². The maximum atomic E-state index is 10.0. The number of nitrogens with zero attached hydrogens (tertiary/aromatic N) is 2. The van der Waals surface area contributed by atoms with Gasteiger partial charge in [0.15, 0.2) is 0 Å². The molecule has 0 saturated heterocycles. The van der Waals surface area contributed by atoms with E-state index in [1.54, 1.807) is 0 Å². The van der Waals surface area contributed by atoms with Crippen LogP contribution < -0.4 is 10.5 Å². The lowest BCUT2D eigenvalue weighted by Crippen LogP contribution is -2.05. The summed E-state index contributed by atoms with van der Waals surface area (Å²) < 4.78 is 7.92. The predicted molar refractivity (Wildman–Crippen MR) is 135 cm³/mol. The summed E-state index contributed by atoms with van der Waals surface area (Å²) in [6, 6.07) is 26.0. The van der Waals surface area contributed by atoms with Gasteiger partial charge in [-0.05, 0) is 46.1 Å². The molecule has 0 bridgehead atoms. The Morgan fingerprint density at radius 1 is 0.969 bits per heavy atom. The van der Waals surface area contributed by atoms with Crippen LogP contribution in [0.5, 0.6) is 5.75 Å². The molecular weight excluding hydrogens is 530 g/mol. The van der Waals surface area contributed by atoms with Crippen molar-refractivity contribution in [3.63, 3.8) is 0 Å². The Balaban J connectivity index is 1.98. The molecule has 6 heteroatoms. The number of hydrogen-bond donors (Lipinski definition) is 1. The van der Waals surface area contributed by atoms with Gasteiger partial charge in [-0.25, -0.2) is 4.98 Å². The van der Waals surface area contributed by atoms with Crippen LogP contribution in [0.2, 0.25) is 0 Å². The van der Waals surface area contributed by atoms with Gasteiger partial charge in [0.2, 0.25) is 0 Å². The van der Waals surface area contributed by atoms with Crippen LogP contribution in [-0.4, -0.2) is 4.98 Å². The fraction of sp³-hybridized carbons (Fsp3) is 0.0769. The topological polar surface area (TPSA) is 71.9 Å². The fourth-order valence-corrected chi connectivity index (χ4v) is 5.03. The molecule has 2 N–H and O–H groups in total. The second kappa shape index (κ2) is 9.56. The Morgan fingerprint density at radius 3 is 2.28 bits per heavy atom. The Kier molecular flexibility index (Phi) is 6.59. The van der Waals surface area contributed by atoms with Crippen molar-refractivity contribution < 1.29 is 4.74 Å². The summed E-state index contributed by atoms with van der Waals surface area (Å²) >= 11 is 7.24. The number of aryl methyl sites for hydroxylation is 1. The van der Waals surface area contributed by atoms with E-state index >= 15 is 0 Å². The fourth-order valence-electron chi connectivity index (χ4n) is 3.69. The molecule has 4 nitrogen and oxygen atoms in total. The molecule has 0 amide bonds.